The second kappa shape index (κ2) is 5.98. The van der Waals surface area contributed by atoms with Crippen LogP contribution in [0.25, 0.3) is 0 Å². The molecule has 0 aromatic carbocycles. The summed E-state index contributed by atoms with van der Waals surface area (Å²) in [6, 6.07) is 0.550. The van der Waals surface area contributed by atoms with E-state index < -0.39 is 0 Å². The SMILES string of the molecule is CN=C(NCCC1CC2CCC1C2)NC1CC=CC1. The van der Waals surface area contributed by atoms with Crippen LogP contribution in [-0.4, -0.2) is 25.6 Å². The van der Waals surface area contributed by atoms with Crippen LogP contribution in [0, 0.1) is 17.8 Å². The number of rotatable bonds is 4. The van der Waals surface area contributed by atoms with E-state index in [9.17, 15) is 0 Å². The molecule has 3 unspecified atom stereocenters. The van der Waals surface area contributed by atoms with Crippen molar-refractivity contribution in [3.63, 3.8) is 0 Å². The molecule has 2 saturated carbocycles. The summed E-state index contributed by atoms with van der Waals surface area (Å²) < 4.78 is 0. The van der Waals surface area contributed by atoms with Gasteiger partial charge in [0.1, 0.15) is 0 Å². The first-order chi connectivity index (χ1) is 9.35. The minimum atomic E-state index is 0.550. The van der Waals surface area contributed by atoms with Gasteiger partial charge in [-0.1, -0.05) is 18.6 Å². The Balaban J connectivity index is 1.36. The van der Waals surface area contributed by atoms with E-state index >= 15 is 0 Å². The average molecular weight is 261 g/mol. The normalized spacial score (nSPS) is 34.2. The number of aliphatic imine (C=N–C) groups is 1. The zero-order valence-electron chi connectivity index (χ0n) is 12.1. The molecule has 0 aliphatic heterocycles. The molecule has 3 aliphatic rings. The first-order valence-corrected chi connectivity index (χ1v) is 7.97. The number of fused-ring (bicyclic) bond motifs is 2. The van der Waals surface area contributed by atoms with Crippen LogP contribution in [0.15, 0.2) is 17.1 Å². The van der Waals surface area contributed by atoms with E-state index in [-0.39, 0.29) is 0 Å². The average Bonchev–Trinajstić information content (AvgIpc) is 3.14. The third-order valence-corrected chi connectivity index (χ3v) is 5.26. The van der Waals surface area contributed by atoms with Gasteiger partial charge in [0.05, 0.1) is 0 Å². The smallest absolute Gasteiger partial charge is 0.191 e. The van der Waals surface area contributed by atoms with Crippen LogP contribution in [0.4, 0.5) is 0 Å². The number of guanidine groups is 1. The van der Waals surface area contributed by atoms with E-state index in [0.29, 0.717) is 6.04 Å². The molecule has 0 amide bonds. The first-order valence-electron chi connectivity index (χ1n) is 7.97. The summed E-state index contributed by atoms with van der Waals surface area (Å²) in [6.45, 7) is 1.08. The lowest BCUT2D eigenvalue weighted by molar-refractivity contribution is 0.315. The van der Waals surface area contributed by atoms with Gasteiger partial charge in [-0.25, -0.2) is 0 Å². The maximum atomic E-state index is 4.33. The van der Waals surface area contributed by atoms with Crippen molar-refractivity contribution in [1.29, 1.82) is 0 Å². The molecule has 2 fully saturated rings. The quantitative estimate of drug-likeness (QED) is 0.464. The Hall–Kier alpha value is -0.990. The molecule has 0 radical (unpaired) electrons. The van der Waals surface area contributed by atoms with Crippen LogP contribution in [0.1, 0.15) is 44.9 Å². The molecule has 3 nitrogen and oxygen atoms in total. The van der Waals surface area contributed by atoms with E-state index in [1.165, 1.54) is 32.1 Å². The summed E-state index contributed by atoms with van der Waals surface area (Å²) >= 11 is 0. The fourth-order valence-corrected chi connectivity index (χ4v) is 4.23. The maximum absolute atomic E-state index is 4.33. The van der Waals surface area contributed by atoms with Crippen molar-refractivity contribution in [3.8, 4) is 0 Å². The Labute approximate surface area is 117 Å². The zero-order chi connectivity index (χ0) is 13.1. The Bertz CT molecular complexity index is 353. The number of nitrogens with zero attached hydrogens (tertiary/aromatic N) is 1. The molecule has 2 N–H and O–H groups in total. The zero-order valence-corrected chi connectivity index (χ0v) is 12.1. The van der Waals surface area contributed by atoms with Crippen LogP contribution in [0.5, 0.6) is 0 Å². The van der Waals surface area contributed by atoms with Crippen molar-refractivity contribution < 1.29 is 0 Å². The molecule has 0 heterocycles. The van der Waals surface area contributed by atoms with Crippen molar-refractivity contribution in [3.05, 3.63) is 12.2 Å². The van der Waals surface area contributed by atoms with Gasteiger partial charge >= 0.3 is 0 Å². The van der Waals surface area contributed by atoms with Crippen LogP contribution in [0.3, 0.4) is 0 Å². The fourth-order valence-electron chi connectivity index (χ4n) is 4.23. The molecule has 3 heteroatoms. The van der Waals surface area contributed by atoms with Gasteiger partial charge in [-0.05, 0) is 56.3 Å². The Kier molecular flexibility index (Phi) is 4.09. The summed E-state index contributed by atoms with van der Waals surface area (Å²) in [5.41, 5.74) is 0. The van der Waals surface area contributed by atoms with Gasteiger partial charge in [-0.3, -0.25) is 4.99 Å². The van der Waals surface area contributed by atoms with Gasteiger partial charge < -0.3 is 10.6 Å². The summed E-state index contributed by atoms with van der Waals surface area (Å²) in [6.07, 6.45) is 14.1. The molecule has 19 heavy (non-hydrogen) atoms. The molecule has 0 aromatic heterocycles. The molecular weight excluding hydrogens is 234 g/mol. The number of hydrogen-bond donors (Lipinski definition) is 2. The van der Waals surface area contributed by atoms with Crippen LogP contribution in [0.2, 0.25) is 0 Å². The van der Waals surface area contributed by atoms with Gasteiger partial charge in [0.15, 0.2) is 5.96 Å². The Morgan fingerprint density at radius 3 is 2.68 bits per heavy atom. The van der Waals surface area contributed by atoms with Crippen LogP contribution >= 0.6 is 0 Å². The van der Waals surface area contributed by atoms with Crippen molar-refractivity contribution >= 4 is 5.96 Å². The molecule has 2 bridgehead atoms. The lowest BCUT2D eigenvalue weighted by atomic mass is 9.86. The Morgan fingerprint density at radius 1 is 1.21 bits per heavy atom. The fraction of sp³-hybridized carbons (Fsp3) is 0.812. The molecule has 3 rings (SSSR count). The minimum absolute atomic E-state index is 0.550. The highest BCUT2D eigenvalue weighted by atomic mass is 15.2. The van der Waals surface area contributed by atoms with Crippen LogP contribution < -0.4 is 10.6 Å². The van der Waals surface area contributed by atoms with Gasteiger partial charge in [-0.2, -0.15) is 0 Å². The summed E-state index contributed by atoms with van der Waals surface area (Å²) in [4.78, 5) is 4.33. The van der Waals surface area contributed by atoms with E-state index in [1.807, 2.05) is 7.05 Å². The Morgan fingerprint density at radius 2 is 2.05 bits per heavy atom. The van der Waals surface area contributed by atoms with E-state index in [4.69, 9.17) is 0 Å². The third kappa shape index (κ3) is 3.13. The van der Waals surface area contributed by atoms with Gasteiger partial charge in [0.2, 0.25) is 0 Å². The van der Waals surface area contributed by atoms with Crippen LogP contribution in [-0.2, 0) is 0 Å². The second-order valence-electron chi connectivity index (χ2n) is 6.51. The molecule has 106 valence electrons. The number of nitrogens with one attached hydrogen (secondary N) is 2. The minimum Gasteiger partial charge on any atom is -0.356 e. The lowest BCUT2D eigenvalue weighted by Gasteiger charge is -2.23. The molecule has 3 aliphatic carbocycles. The summed E-state index contributed by atoms with van der Waals surface area (Å²) in [5.74, 6) is 4.08. The van der Waals surface area contributed by atoms with E-state index in [2.05, 4.69) is 27.8 Å². The summed E-state index contributed by atoms with van der Waals surface area (Å²) in [5, 5.41) is 7.00. The molecule has 0 aromatic rings. The maximum Gasteiger partial charge on any atom is 0.191 e. The van der Waals surface area contributed by atoms with Gasteiger partial charge in [0.25, 0.3) is 0 Å². The summed E-state index contributed by atoms with van der Waals surface area (Å²) in [7, 11) is 1.87. The van der Waals surface area contributed by atoms with Crippen molar-refractivity contribution in [2.45, 2.75) is 51.0 Å². The second-order valence-corrected chi connectivity index (χ2v) is 6.51. The van der Waals surface area contributed by atoms with Crippen molar-refractivity contribution in [2.24, 2.45) is 22.7 Å². The highest BCUT2D eigenvalue weighted by Crippen LogP contribution is 2.49. The highest BCUT2D eigenvalue weighted by molar-refractivity contribution is 5.80. The highest BCUT2D eigenvalue weighted by Gasteiger charge is 2.38. The largest absolute Gasteiger partial charge is 0.356 e. The predicted molar refractivity (Wildman–Crippen MR) is 80.2 cm³/mol. The van der Waals surface area contributed by atoms with E-state index in [1.54, 1.807) is 0 Å². The van der Waals surface area contributed by atoms with Crippen molar-refractivity contribution in [2.75, 3.05) is 13.6 Å². The standard InChI is InChI=1S/C16H27N3/c1-17-16(19-15-4-2-3-5-15)18-9-8-14-11-12-6-7-13(14)10-12/h2-3,12-15H,4-11H2,1H3,(H2,17,18,19). The first kappa shape index (κ1) is 13.0. The third-order valence-electron chi connectivity index (χ3n) is 5.26. The molecule has 0 saturated heterocycles. The molecular formula is C16H27N3. The lowest BCUT2D eigenvalue weighted by Crippen LogP contribution is -2.43. The van der Waals surface area contributed by atoms with E-state index in [0.717, 1.165) is 43.1 Å². The number of hydrogen-bond acceptors (Lipinski definition) is 1. The predicted octanol–water partition coefficient (Wildman–Crippen LogP) is 2.70. The van der Waals surface area contributed by atoms with Gasteiger partial charge in [-0.15, -0.1) is 0 Å². The topological polar surface area (TPSA) is 36.4 Å². The molecule has 3 atom stereocenters. The van der Waals surface area contributed by atoms with Gasteiger partial charge in [0, 0.05) is 19.6 Å². The molecule has 0 spiro atoms. The van der Waals surface area contributed by atoms with Crippen molar-refractivity contribution in [1.82, 2.24) is 10.6 Å². The monoisotopic (exact) mass is 261 g/mol.